The van der Waals surface area contributed by atoms with Crippen LogP contribution >= 0.6 is 11.3 Å². The highest BCUT2D eigenvalue weighted by atomic mass is 32.1. The molecule has 0 saturated carbocycles. The number of nitrogens with one attached hydrogen (secondary N) is 2. The highest BCUT2D eigenvalue weighted by Crippen LogP contribution is 2.15. The molecule has 5 heteroatoms. The Balaban J connectivity index is 1.74. The van der Waals surface area contributed by atoms with E-state index in [2.05, 4.69) is 16.7 Å². The summed E-state index contributed by atoms with van der Waals surface area (Å²) in [5.74, 6) is -0.419. The van der Waals surface area contributed by atoms with Crippen LogP contribution in [0.15, 0.2) is 72.1 Å². The van der Waals surface area contributed by atoms with Crippen LogP contribution in [0.25, 0.3) is 0 Å². The fourth-order valence-corrected chi connectivity index (χ4v) is 3.66. The van der Waals surface area contributed by atoms with Crippen molar-refractivity contribution in [1.82, 2.24) is 10.6 Å². The highest BCUT2D eigenvalue weighted by molar-refractivity contribution is 7.12. The van der Waals surface area contributed by atoms with Gasteiger partial charge in [0, 0.05) is 6.42 Å². The lowest BCUT2D eigenvalue weighted by Gasteiger charge is -2.22. The average molecular weight is 393 g/mol. The Morgan fingerprint density at radius 1 is 0.964 bits per heavy atom. The van der Waals surface area contributed by atoms with Gasteiger partial charge >= 0.3 is 0 Å². The second-order valence-electron chi connectivity index (χ2n) is 6.84. The van der Waals surface area contributed by atoms with Crippen molar-refractivity contribution in [3.63, 3.8) is 0 Å². The fourth-order valence-electron chi connectivity index (χ4n) is 3.03. The standard InChI is InChI=1S/C23H24N2O2S/c1-16-8-6-11-19(14-16)17(2)24-22(26)20(15-18-9-4-3-5-10-18)25-23(27)21-12-7-13-28-21/h3-14,17,20H,15H2,1-2H3,(H,24,26)(H,25,27)/t17-,20?/m0/s1. The first kappa shape index (κ1) is 19.8. The molecule has 1 aromatic heterocycles. The summed E-state index contributed by atoms with van der Waals surface area (Å²) in [5, 5.41) is 7.79. The molecule has 2 amide bonds. The van der Waals surface area contributed by atoms with Gasteiger partial charge in [0.2, 0.25) is 5.91 Å². The summed E-state index contributed by atoms with van der Waals surface area (Å²) in [4.78, 5) is 26.1. The minimum Gasteiger partial charge on any atom is -0.348 e. The van der Waals surface area contributed by atoms with E-state index in [1.807, 2.05) is 73.8 Å². The van der Waals surface area contributed by atoms with Gasteiger partial charge in [0.05, 0.1) is 10.9 Å². The third-order valence-electron chi connectivity index (χ3n) is 4.55. The summed E-state index contributed by atoms with van der Waals surface area (Å²) in [7, 11) is 0. The molecule has 1 unspecified atom stereocenters. The van der Waals surface area contributed by atoms with Crippen LogP contribution in [-0.4, -0.2) is 17.9 Å². The van der Waals surface area contributed by atoms with E-state index >= 15 is 0 Å². The first-order chi connectivity index (χ1) is 13.5. The number of carbonyl (C=O) groups is 2. The van der Waals surface area contributed by atoms with Crippen LogP contribution in [0.2, 0.25) is 0 Å². The topological polar surface area (TPSA) is 58.2 Å². The van der Waals surface area contributed by atoms with Crippen molar-refractivity contribution in [2.75, 3.05) is 0 Å². The molecule has 4 nitrogen and oxygen atoms in total. The van der Waals surface area contributed by atoms with Crippen LogP contribution < -0.4 is 10.6 Å². The van der Waals surface area contributed by atoms with Gasteiger partial charge in [-0.25, -0.2) is 0 Å². The van der Waals surface area contributed by atoms with Gasteiger partial charge in [-0.3, -0.25) is 9.59 Å². The number of hydrogen-bond acceptors (Lipinski definition) is 3. The fraction of sp³-hybridized carbons (Fsp3) is 0.217. The smallest absolute Gasteiger partial charge is 0.262 e. The zero-order valence-corrected chi connectivity index (χ0v) is 16.8. The monoisotopic (exact) mass is 392 g/mol. The van der Waals surface area contributed by atoms with Gasteiger partial charge in [0.25, 0.3) is 5.91 Å². The van der Waals surface area contributed by atoms with E-state index in [0.717, 1.165) is 16.7 Å². The van der Waals surface area contributed by atoms with E-state index in [0.29, 0.717) is 11.3 Å². The van der Waals surface area contributed by atoms with Crippen LogP contribution in [0.1, 0.15) is 39.3 Å². The quantitative estimate of drug-likeness (QED) is 0.631. The number of carbonyl (C=O) groups excluding carboxylic acids is 2. The molecule has 1 heterocycles. The van der Waals surface area contributed by atoms with Gasteiger partial charge in [-0.1, -0.05) is 66.2 Å². The lowest BCUT2D eigenvalue weighted by molar-refractivity contribution is -0.123. The Kier molecular flexibility index (Phi) is 6.61. The Morgan fingerprint density at radius 3 is 2.43 bits per heavy atom. The van der Waals surface area contributed by atoms with Crippen molar-refractivity contribution in [1.29, 1.82) is 0 Å². The molecule has 28 heavy (non-hydrogen) atoms. The molecule has 2 aromatic carbocycles. The molecule has 3 rings (SSSR count). The molecule has 2 atom stereocenters. The first-order valence-corrected chi connectivity index (χ1v) is 10.2. The zero-order chi connectivity index (χ0) is 19.9. The molecule has 0 aliphatic rings. The molecule has 0 bridgehead atoms. The molecule has 0 aliphatic carbocycles. The molecule has 0 spiro atoms. The maximum absolute atomic E-state index is 13.0. The summed E-state index contributed by atoms with van der Waals surface area (Å²) in [5.41, 5.74) is 3.18. The maximum Gasteiger partial charge on any atom is 0.262 e. The van der Waals surface area contributed by atoms with E-state index in [1.54, 1.807) is 6.07 Å². The van der Waals surface area contributed by atoms with Crippen LogP contribution in [0.4, 0.5) is 0 Å². The van der Waals surface area contributed by atoms with Gasteiger partial charge in [-0.2, -0.15) is 0 Å². The molecule has 2 N–H and O–H groups in total. The van der Waals surface area contributed by atoms with E-state index in [4.69, 9.17) is 0 Å². The highest BCUT2D eigenvalue weighted by Gasteiger charge is 2.24. The number of aryl methyl sites for hydroxylation is 1. The summed E-state index contributed by atoms with van der Waals surface area (Å²) < 4.78 is 0. The predicted molar refractivity (Wildman–Crippen MR) is 113 cm³/mol. The average Bonchev–Trinajstić information content (AvgIpc) is 3.23. The van der Waals surface area contributed by atoms with Crippen molar-refractivity contribution in [3.8, 4) is 0 Å². The molecule has 0 saturated heterocycles. The summed E-state index contributed by atoms with van der Waals surface area (Å²) >= 11 is 1.36. The largest absolute Gasteiger partial charge is 0.348 e. The van der Waals surface area contributed by atoms with Crippen molar-refractivity contribution < 1.29 is 9.59 Å². The van der Waals surface area contributed by atoms with E-state index in [9.17, 15) is 9.59 Å². The minimum absolute atomic E-state index is 0.149. The van der Waals surface area contributed by atoms with Crippen LogP contribution in [0, 0.1) is 6.92 Å². The predicted octanol–water partition coefficient (Wildman–Crippen LogP) is 4.28. The molecule has 0 fully saturated rings. The molecular weight excluding hydrogens is 368 g/mol. The van der Waals surface area contributed by atoms with Gasteiger partial charge in [-0.05, 0) is 36.4 Å². The van der Waals surface area contributed by atoms with Gasteiger partial charge in [0.15, 0.2) is 0 Å². The molecular formula is C23H24N2O2S. The molecule has 144 valence electrons. The van der Waals surface area contributed by atoms with Crippen molar-refractivity contribution in [2.45, 2.75) is 32.4 Å². The number of amides is 2. The zero-order valence-electron chi connectivity index (χ0n) is 16.0. The van der Waals surface area contributed by atoms with E-state index in [-0.39, 0.29) is 17.9 Å². The Morgan fingerprint density at radius 2 is 1.75 bits per heavy atom. The van der Waals surface area contributed by atoms with Crippen LogP contribution in [0.5, 0.6) is 0 Å². The Hall–Kier alpha value is -2.92. The summed E-state index contributed by atoms with van der Waals surface area (Å²) in [6.07, 6.45) is 0.435. The van der Waals surface area contributed by atoms with Crippen molar-refractivity contribution >= 4 is 23.2 Å². The molecule has 3 aromatic rings. The summed E-state index contributed by atoms with van der Waals surface area (Å²) in [6, 6.07) is 20.6. The lowest BCUT2D eigenvalue weighted by Crippen LogP contribution is -2.48. The second kappa shape index (κ2) is 9.33. The van der Waals surface area contributed by atoms with E-state index < -0.39 is 6.04 Å². The van der Waals surface area contributed by atoms with Crippen LogP contribution in [-0.2, 0) is 11.2 Å². The first-order valence-electron chi connectivity index (χ1n) is 9.28. The third kappa shape index (κ3) is 5.30. The van der Waals surface area contributed by atoms with Gasteiger partial charge in [0.1, 0.15) is 6.04 Å². The second-order valence-corrected chi connectivity index (χ2v) is 7.79. The number of rotatable bonds is 7. The lowest BCUT2D eigenvalue weighted by atomic mass is 10.0. The third-order valence-corrected chi connectivity index (χ3v) is 5.42. The van der Waals surface area contributed by atoms with Crippen LogP contribution in [0.3, 0.4) is 0 Å². The number of thiophene rings is 1. The van der Waals surface area contributed by atoms with Gasteiger partial charge < -0.3 is 10.6 Å². The SMILES string of the molecule is Cc1cccc([C@H](C)NC(=O)C(Cc2ccccc2)NC(=O)c2cccs2)c1. The molecule has 0 radical (unpaired) electrons. The molecule has 0 aliphatic heterocycles. The van der Waals surface area contributed by atoms with Crippen molar-refractivity contribution in [3.05, 3.63) is 93.7 Å². The number of benzene rings is 2. The maximum atomic E-state index is 13.0. The Bertz CT molecular complexity index is 923. The van der Waals surface area contributed by atoms with Gasteiger partial charge in [-0.15, -0.1) is 11.3 Å². The number of hydrogen-bond donors (Lipinski definition) is 2. The normalized spacial score (nSPS) is 12.8. The van der Waals surface area contributed by atoms with E-state index in [1.165, 1.54) is 11.3 Å². The minimum atomic E-state index is -0.649. The van der Waals surface area contributed by atoms with Crippen molar-refractivity contribution in [2.24, 2.45) is 0 Å². The Labute approximate surface area is 169 Å². The summed E-state index contributed by atoms with van der Waals surface area (Å²) in [6.45, 7) is 3.98.